The first-order chi connectivity index (χ1) is 14.4. The molecule has 1 heterocycles. The fraction of sp³-hybridized carbons (Fsp3) is 0.550. The second-order valence-corrected chi connectivity index (χ2v) is 7.34. The molecule has 1 aromatic carbocycles. The monoisotopic (exact) mass is 449 g/mol. The molecule has 11 heteroatoms. The topological polar surface area (TPSA) is 90.0 Å². The van der Waals surface area contributed by atoms with E-state index < -0.39 is 12.1 Å². The summed E-state index contributed by atoms with van der Waals surface area (Å²) in [4.78, 5) is 37.4. The molecule has 174 valence electrons. The van der Waals surface area contributed by atoms with Crippen molar-refractivity contribution in [3.8, 4) is 0 Å². The van der Waals surface area contributed by atoms with Crippen molar-refractivity contribution < 1.29 is 37.1 Å². The number of alkyl halides is 3. The van der Waals surface area contributed by atoms with Gasteiger partial charge in [-0.1, -0.05) is 13.8 Å². The molecule has 0 bridgehead atoms. The zero-order chi connectivity index (χ0) is 23.6. The summed E-state index contributed by atoms with van der Waals surface area (Å²) in [6, 6.07) is 5.55. The summed E-state index contributed by atoms with van der Waals surface area (Å²) in [7, 11) is 0. The molecule has 1 aliphatic rings. The molecule has 0 spiro atoms. The van der Waals surface area contributed by atoms with Crippen molar-refractivity contribution >= 4 is 17.8 Å². The molecule has 2 N–H and O–H groups in total. The molecule has 0 unspecified atom stereocenters. The fourth-order valence-electron chi connectivity index (χ4n) is 2.79. The number of nitrogens with zero attached hydrogens (tertiary/aromatic N) is 2. The molecule has 1 aliphatic heterocycles. The standard InChI is InChI=1S/C18H26FN3O2.C2HF3O2/c1-14(2)13-22(18(24)15-3-5-16(19)6-4-15)10-7-17(23)21-11-8-20-9-12-21;3-2(4,5)1(6)7/h3-6,14,20H,7-13H2,1-2H3;(H,6,7). The number of carbonyl (C=O) groups excluding carboxylic acids is 2. The van der Waals surface area contributed by atoms with Crippen LogP contribution >= 0.6 is 0 Å². The van der Waals surface area contributed by atoms with Crippen LogP contribution in [-0.4, -0.2) is 78.1 Å². The quantitative estimate of drug-likeness (QED) is 0.651. The van der Waals surface area contributed by atoms with Crippen molar-refractivity contribution in [2.24, 2.45) is 5.92 Å². The predicted molar refractivity (Wildman–Crippen MR) is 105 cm³/mol. The van der Waals surface area contributed by atoms with E-state index in [-0.39, 0.29) is 17.6 Å². The largest absolute Gasteiger partial charge is 0.490 e. The lowest BCUT2D eigenvalue weighted by Gasteiger charge is -2.29. The van der Waals surface area contributed by atoms with Crippen LogP contribution in [0.4, 0.5) is 17.6 Å². The molecule has 1 saturated heterocycles. The van der Waals surface area contributed by atoms with Gasteiger partial charge in [-0.15, -0.1) is 0 Å². The Morgan fingerprint density at radius 1 is 1.13 bits per heavy atom. The van der Waals surface area contributed by atoms with Gasteiger partial charge in [0.1, 0.15) is 5.82 Å². The van der Waals surface area contributed by atoms with Crippen LogP contribution in [0.25, 0.3) is 0 Å². The van der Waals surface area contributed by atoms with Gasteiger partial charge in [-0.25, -0.2) is 9.18 Å². The van der Waals surface area contributed by atoms with Gasteiger partial charge in [-0.05, 0) is 30.2 Å². The van der Waals surface area contributed by atoms with Gasteiger partial charge >= 0.3 is 12.1 Å². The number of carboxylic acids is 1. The lowest BCUT2D eigenvalue weighted by molar-refractivity contribution is -0.192. The molecular weight excluding hydrogens is 422 g/mol. The molecule has 1 fully saturated rings. The summed E-state index contributed by atoms with van der Waals surface area (Å²) < 4.78 is 44.8. The summed E-state index contributed by atoms with van der Waals surface area (Å²) in [6.45, 7) is 8.09. The Bertz CT molecular complexity index is 733. The fourth-order valence-corrected chi connectivity index (χ4v) is 2.79. The van der Waals surface area contributed by atoms with Gasteiger partial charge in [0.25, 0.3) is 5.91 Å². The number of hydrogen-bond acceptors (Lipinski definition) is 4. The molecule has 1 aromatic rings. The first-order valence-electron chi connectivity index (χ1n) is 9.75. The summed E-state index contributed by atoms with van der Waals surface area (Å²) in [5.41, 5.74) is 0.451. The van der Waals surface area contributed by atoms with Crippen molar-refractivity contribution in [3.63, 3.8) is 0 Å². The van der Waals surface area contributed by atoms with Crippen molar-refractivity contribution in [1.82, 2.24) is 15.1 Å². The predicted octanol–water partition coefficient (Wildman–Crippen LogP) is 2.38. The van der Waals surface area contributed by atoms with Gasteiger partial charge in [0, 0.05) is 51.3 Å². The number of nitrogens with one attached hydrogen (secondary N) is 1. The van der Waals surface area contributed by atoms with Crippen LogP contribution in [0, 0.1) is 11.7 Å². The number of amides is 2. The SMILES string of the molecule is CC(C)CN(CCC(=O)N1CCNCC1)C(=O)c1ccc(F)cc1.O=C(O)C(F)(F)F. The molecule has 31 heavy (non-hydrogen) atoms. The Labute approximate surface area is 178 Å². The van der Waals surface area contributed by atoms with Gasteiger partial charge in [0.2, 0.25) is 5.91 Å². The van der Waals surface area contributed by atoms with Gasteiger partial charge in [0.05, 0.1) is 0 Å². The van der Waals surface area contributed by atoms with Crippen LogP contribution in [0.15, 0.2) is 24.3 Å². The third kappa shape index (κ3) is 9.77. The second kappa shape index (κ2) is 12.2. The molecule has 2 rings (SSSR count). The Kier molecular flexibility index (Phi) is 10.4. The first-order valence-corrected chi connectivity index (χ1v) is 9.75. The molecule has 0 saturated carbocycles. The lowest BCUT2D eigenvalue weighted by atomic mass is 10.1. The minimum Gasteiger partial charge on any atom is -0.475 e. The van der Waals surface area contributed by atoms with E-state index in [1.54, 1.807) is 4.90 Å². The Morgan fingerprint density at radius 3 is 2.10 bits per heavy atom. The van der Waals surface area contributed by atoms with E-state index in [1.165, 1.54) is 24.3 Å². The molecule has 0 atom stereocenters. The van der Waals surface area contributed by atoms with Crippen molar-refractivity contribution in [3.05, 3.63) is 35.6 Å². The molecule has 0 radical (unpaired) electrons. The van der Waals surface area contributed by atoms with Crippen LogP contribution in [0.1, 0.15) is 30.6 Å². The van der Waals surface area contributed by atoms with E-state index >= 15 is 0 Å². The molecule has 2 amide bonds. The highest BCUT2D eigenvalue weighted by molar-refractivity contribution is 5.94. The van der Waals surface area contributed by atoms with Crippen LogP contribution < -0.4 is 5.32 Å². The van der Waals surface area contributed by atoms with E-state index in [9.17, 15) is 27.2 Å². The minimum absolute atomic E-state index is 0.0807. The van der Waals surface area contributed by atoms with Crippen LogP contribution in [0.5, 0.6) is 0 Å². The van der Waals surface area contributed by atoms with Gasteiger partial charge in [-0.3, -0.25) is 9.59 Å². The number of halogens is 4. The molecule has 0 aliphatic carbocycles. The number of rotatable bonds is 6. The number of carboxylic acid groups (broad SMARTS) is 1. The molecule has 7 nitrogen and oxygen atoms in total. The Morgan fingerprint density at radius 2 is 1.65 bits per heavy atom. The first kappa shape index (κ1) is 26.3. The number of benzene rings is 1. The van der Waals surface area contributed by atoms with Crippen LogP contribution in [-0.2, 0) is 9.59 Å². The molecule has 0 aromatic heterocycles. The van der Waals surface area contributed by atoms with Crippen molar-refractivity contribution in [2.75, 3.05) is 39.3 Å². The number of carbonyl (C=O) groups is 3. The van der Waals surface area contributed by atoms with Crippen molar-refractivity contribution in [2.45, 2.75) is 26.4 Å². The third-order valence-corrected chi connectivity index (χ3v) is 4.27. The highest BCUT2D eigenvalue weighted by Gasteiger charge is 2.38. The maximum absolute atomic E-state index is 13.0. The van der Waals surface area contributed by atoms with Gasteiger partial charge in [0.15, 0.2) is 0 Å². The summed E-state index contributed by atoms with van der Waals surface area (Å²) >= 11 is 0. The maximum atomic E-state index is 13.0. The van der Waals surface area contributed by atoms with Gasteiger partial charge in [-0.2, -0.15) is 13.2 Å². The lowest BCUT2D eigenvalue weighted by Crippen LogP contribution is -2.47. The van der Waals surface area contributed by atoms with E-state index in [0.717, 1.165) is 26.2 Å². The smallest absolute Gasteiger partial charge is 0.475 e. The second-order valence-electron chi connectivity index (χ2n) is 7.34. The van der Waals surface area contributed by atoms with Crippen LogP contribution in [0.3, 0.4) is 0 Å². The summed E-state index contributed by atoms with van der Waals surface area (Å²) in [6.07, 6.45) is -4.76. The van der Waals surface area contributed by atoms with Crippen molar-refractivity contribution in [1.29, 1.82) is 0 Å². The summed E-state index contributed by atoms with van der Waals surface area (Å²) in [5, 5.41) is 10.3. The number of piperazine rings is 1. The van der Waals surface area contributed by atoms with E-state index in [0.29, 0.717) is 31.0 Å². The number of hydrogen-bond donors (Lipinski definition) is 2. The normalized spacial score (nSPS) is 14.0. The van der Waals surface area contributed by atoms with Crippen LogP contribution in [0.2, 0.25) is 0 Å². The zero-order valence-corrected chi connectivity index (χ0v) is 17.4. The van der Waals surface area contributed by atoms with E-state index in [1.807, 2.05) is 18.7 Å². The van der Waals surface area contributed by atoms with E-state index in [4.69, 9.17) is 9.90 Å². The zero-order valence-electron chi connectivity index (χ0n) is 17.4. The minimum atomic E-state index is -5.08. The Balaban J connectivity index is 0.000000592. The Hall–Kier alpha value is -2.69. The summed E-state index contributed by atoms with van der Waals surface area (Å²) in [5.74, 6) is -2.90. The average Bonchev–Trinajstić information content (AvgIpc) is 2.71. The van der Waals surface area contributed by atoms with E-state index in [2.05, 4.69) is 5.32 Å². The highest BCUT2D eigenvalue weighted by atomic mass is 19.4. The van der Waals surface area contributed by atoms with Gasteiger partial charge < -0.3 is 20.2 Å². The highest BCUT2D eigenvalue weighted by Crippen LogP contribution is 2.13. The number of aliphatic carboxylic acids is 1. The average molecular weight is 449 g/mol. The molecular formula is C20H27F4N3O4. The maximum Gasteiger partial charge on any atom is 0.490 e. The third-order valence-electron chi connectivity index (χ3n) is 4.27.